The third kappa shape index (κ3) is 3.23. The van der Waals surface area contributed by atoms with Crippen LogP contribution in [-0.2, 0) is 9.53 Å². The smallest absolute Gasteiger partial charge is 0.311 e. The standard InChI is InChI=1S/C14H28O2/c1-7-13(5,8-2)11-14(9-3,10-4)12(15)16-6/h7-11H2,1-6H3. The van der Waals surface area contributed by atoms with E-state index in [1.54, 1.807) is 0 Å². The Hall–Kier alpha value is -0.530. The molecule has 96 valence electrons. The Labute approximate surface area is 101 Å². The van der Waals surface area contributed by atoms with Crippen molar-refractivity contribution in [3.05, 3.63) is 0 Å². The summed E-state index contributed by atoms with van der Waals surface area (Å²) >= 11 is 0. The van der Waals surface area contributed by atoms with Gasteiger partial charge in [0, 0.05) is 0 Å². The van der Waals surface area contributed by atoms with E-state index in [2.05, 4.69) is 34.6 Å². The molecule has 0 aromatic carbocycles. The van der Waals surface area contributed by atoms with Crippen molar-refractivity contribution >= 4 is 5.97 Å². The van der Waals surface area contributed by atoms with E-state index in [0.717, 1.165) is 32.1 Å². The lowest BCUT2D eigenvalue weighted by Gasteiger charge is -2.38. The molecule has 0 saturated heterocycles. The van der Waals surface area contributed by atoms with Gasteiger partial charge in [0.2, 0.25) is 0 Å². The minimum absolute atomic E-state index is 0.0365. The third-order valence-electron chi connectivity index (χ3n) is 4.44. The summed E-state index contributed by atoms with van der Waals surface area (Å²) in [5.41, 5.74) is -0.0320. The van der Waals surface area contributed by atoms with Crippen LogP contribution in [0.2, 0.25) is 0 Å². The van der Waals surface area contributed by atoms with Crippen LogP contribution in [0.15, 0.2) is 0 Å². The maximum atomic E-state index is 12.0. The molecule has 0 spiro atoms. The molecule has 0 aliphatic rings. The first-order chi connectivity index (χ1) is 7.43. The molecular weight excluding hydrogens is 200 g/mol. The lowest BCUT2D eigenvalue weighted by Crippen LogP contribution is -2.36. The van der Waals surface area contributed by atoms with Crippen molar-refractivity contribution in [3.63, 3.8) is 0 Å². The average Bonchev–Trinajstić information content (AvgIpc) is 2.34. The van der Waals surface area contributed by atoms with Gasteiger partial charge in [-0.05, 0) is 24.7 Å². The predicted octanol–water partition coefficient (Wildman–Crippen LogP) is 4.18. The quantitative estimate of drug-likeness (QED) is 0.611. The van der Waals surface area contributed by atoms with Gasteiger partial charge in [-0.2, -0.15) is 0 Å². The van der Waals surface area contributed by atoms with Crippen LogP contribution in [-0.4, -0.2) is 13.1 Å². The molecule has 0 atom stereocenters. The molecule has 0 rings (SSSR count). The molecule has 0 aliphatic carbocycles. The summed E-state index contributed by atoms with van der Waals surface area (Å²) in [6.45, 7) is 10.9. The number of esters is 1. The van der Waals surface area contributed by atoms with E-state index in [-0.39, 0.29) is 16.8 Å². The highest BCUT2D eigenvalue weighted by Gasteiger charge is 2.41. The molecule has 0 heterocycles. The molecule has 0 unspecified atom stereocenters. The molecule has 0 N–H and O–H groups in total. The van der Waals surface area contributed by atoms with Crippen molar-refractivity contribution in [2.24, 2.45) is 10.8 Å². The zero-order valence-electron chi connectivity index (χ0n) is 11.9. The Morgan fingerprint density at radius 3 is 1.69 bits per heavy atom. The van der Waals surface area contributed by atoms with Gasteiger partial charge in [0.05, 0.1) is 12.5 Å². The summed E-state index contributed by atoms with van der Waals surface area (Å²) in [4.78, 5) is 12.0. The van der Waals surface area contributed by atoms with E-state index < -0.39 is 0 Å². The summed E-state index contributed by atoms with van der Waals surface area (Å²) in [6, 6.07) is 0. The fourth-order valence-electron chi connectivity index (χ4n) is 2.39. The first-order valence-electron chi connectivity index (χ1n) is 6.52. The molecule has 0 radical (unpaired) electrons. The number of hydrogen-bond donors (Lipinski definition) is 0. The summed E-state index contributed by atoms with van der Waals surface area (Å²) in [6.07, 6.45) is 4.90. The van der Waals surface area contributed by atoms with Crippen molar-refractivity contribution in [1.82, 2.24) is 0 Å². The number of hydrogen-bond acceptors (Lipinski definition) is 2. The van der Waals surface area contributed by atoms with Gasteiger partial charge in [0.15, 0.2) is 0 Å². The van der Waals surface area contributed by atoms with Gasteiger partial charge in [0.1, 0.15) is 0 Å². The lowest BCUT2D eigenvalue weighted by atomic mass is 9.67. The van der Waals surface area contributed by atoms with Crippen molar-refractivity contribution in [1.29, 1.82) is 0 Å². The van der Waals surface area contributed by atoms with Crippen molar-refractivity contribution in [2.45, 2.75) is 66.7 Å². The van der Waals surface area contributed by atoms with E-state index in [1.165, 1.54) is 7.11 Å². The van der Waals surface area contributed by atoms with E-state index in [9.17, 15) is 4.79 Å². The van der Waals surface area contributed by atoms with Crippen molar-refractivity contribution in [3.8, 4) is 0 Å². The number of carbonyl (C=O) groups excluding carboxylic acids is 1. The van der Waals surface area contributed by atoms with Crippen LogP contribution < -0.4 is 0 Å². The average molecular weight is 228 g/mol. The number of carbonyl (C=O) groups is 1. The predicted molar refractivity (Wildman–Crippen MR) is 68.3 cm³/mol. The number of rotatable bonds is 7. The second kappa shape index (κ2) is 6.27. The van der Waals surface area contributed by atoms with Gasteiger partial charge < -0.3 is 4.74 Å². The fourth-order valence-corrected chi connectivity index (χ4v) is 2.39. The maximum Gasteiger partial charge on any atom is 0.311 e. The Balaban J connectivity index is 4.99. The van der Waals surface area contributed by atoms with Gasteiger partial charge in [-0.25, -0.2) is 0 Å². The summed E-state index contributed by atoms with van der Waals surface area (Å²) in [5, 5.41) is 0. The Kier molecular flexibility index (Phi) is 6.06. The molecule has 0 aliphatic heterocycles. The summed E-state index contributed by atoms with van der Waals surface area (Å²) in [7, 11) is 1.50. The molecule has 0 bridgehead atoms. The minimum atomic E-state index is -0.282. The summed E-state index contributed by atoms with van der Waals surface area (Å²) < 4.78 is 4.99. The van der Waals surface area contributed by atoms with Gasteiger partial charge >= 0.3 is 5.97 Å². The SMILES string of the molecule is CCC(C)(CC)CC(CC)(CC)C(=O)OC. The van der Waals surface area contributed by atoms with E-state index in [1.807, 2.05) is 0 Å². The van der Waals surface area contributed by atoms with E-state index in [0.29, 0.717) is 0 Å². The molecule has 16 heavy (non-hydrogen) atoms. The third-order valence-corrected chi connectivity index (χ3v) is 4.44. The highest BCUT2D eigenvalue weighted by atomic mass is 16.5. The molecular formula is C14H28O2. The highest BCUT2D eigenvalue weighted by molar-refractivity contribution is 5.76. The molecule has 0 fully saturated rings. The zero-order valence-corrected chi connectivity index (χ0v) is 11.9. The van der Waals surface area contributed by atoms with Crippen LogP contribution in [0, 0.1) is 10.8 Å². The van der Waals surface area contributed by atoms with Gasteiger partial charge in [-0.1, -0.05) is 47.5 Å². The van der Waals surface area contributed by atoms with E-state index >= 15 is 0 Å². The van der Waals surface area contributed by atoms with Crippen LogP contribution >= 0.6 is 0 Å². The number of methoxy groups -OCH3 is 1. The molecule has 2 heteroatoms. The van der Waals surface area contributed by atoms with Gasteiger partial charge in [-0.3, -0.25) is 4.79 Å². The Morgan fingerprint density at radius 2 is 1.44 bits per heavy atom. The minimum Gasteiger partial charge on any atom is -0.469 e. The molecule has 0 aromatic heterocycles. The lowest BCUT2D eigenvalue weighted by molar-refractivity contribution is -0.155. The molecule has 0 amide bonds. The fraction of sp³-hybridized carbons (Fsp3) is 0.929. The topological polar surface area (TPSA) is 26.3 Å². The maximum absolute atomic E-state index is 12.0. The molecule has 2 nitrogen and oxygen atoms in total. The zero-order chi connectivity index (χ0) is 12.8. The molecule has 0 aromatic rings. The van der Waals surface area contributed by atoms with Crippen molar-refractivity contribution in [2.75, 3.05) is 7.11 Å². The first-order valence-corrected chi connectivity index (χ1v) is 6.52. The van der Waals surface area contributed by atoms with Crippen LogP contribution in [0.3, 0.4) is 0 Å². The van der Waals surface area contributed by atoms with Crippen molar-refractivity contribution < 1.29 is 9.53 Å². The van der Waals surface area contributed by atoms with Crippen LogP contribution in [0.4, 0.5) is 0 Å². The highest BCUT2D eigenvalue weighted by Crippen LogP contribution is 2.43. The van der Waals surface area contributed by atoms with Gasteiger partial charge in [0.25, 0.3) is 0 Å². The van der Waals surface area contributed by atoms with Crippen LogP contribution in [0.25, 0.3) is 0 Å². The normalized spacial score (nSPS) is 12.6. The second-order valence-electron chi connectivity index (χ2n) is 5.17. The first kappa shape index (κ1) is 15.5. The Bertz CT molecular complexity index is 213. The largest absolute Gasteiger partial charge is 0.469 e. The Morgan fingerprint density at radius 1 is 1.00 bits per heavy atom. The monoisotopic (exact) mass is 228 g/mol. The molecule has 0 saturated carbocycles. The number of ether oxygens (including phenoxy) is 1. The van der Waals surface area contributed by atoms with Crippen LogP contribution in [0.5, 0.6) is 0 Å². The van der Waals surface area contributed by atoms with Crippen LogP contribution in [0.1, 0.15) is 66.7 Å². The van der Waals surface area contributed by atoms with E-state index in [4.69, 9.17) is 4.74 Å². The summed E-state index contributed by atoms with van der Waals surface area (Å²) in [5.74, 6) is -0.0365. The van der Waals surface area contributed by atoms with Gasteiger partial charge in [-0.15, -0.1) is 0 Å². The second-order valence-corrected chi connectivity index (χ2v) is 5.17.